The highest BCUT2D eigenvalue weighted by molar-refractivity contribution is 5.96. The fourth-order valence-electron chi connectivity index (χ4n) is 2.72. The summed E-state index contributed by atoms with van der Waals surface area (Å²) in [5.74, 6) is 1.88. The predicted octanol–water partition coefficient (Wildman–Crippen LogP) is 4.46. The average Bonchev–Trinajstić information content (AvgIpc) is 2.60. The van der Waals surface area contributed by atoms with Crippen LogP contribution in [-0.2, 0) is 6.54 Å². The Bertz CT molecular complexity index is 721. The first-order valence-corrected chi connectivity index (χ1v) is 8.64. The van der Waals surface area contributed by atoms with E-state index in [1.165, 1.54) is 0 Å². The summed E-state index contributed by atoms with van der Waals surface area (Å²) in [6.07, 6.45) is 0. The molecule has 1 N–H and O–H groups in total. The molecule has 2 aromatic rings. The van der Waals surface area contributed by atoms with Gasteiger partial charge in [0, 0.05) is 12.1 Å². The standard InChI is InChI=1S/C21H27NO3/c1-6-25-17-9-7-16(8-10-17)13-22-21(23)19-12-18(14(2)3)20(24-5)11-15(19)4/h7-12,14H,6,13H2,1-5H3,(H,22,23). The summed E-state index contributed by atoms with van der Waals surface area (Å²) in [7, 11) is 1.66. The monoisotopic (exact) mass is 341 g/mol. The van der Waals surface area contributed by atoms with E-state index in [-0.39, 0.29) is 11.8 Å². The molecule has 0 spiro atoms. The first-order chi connectivity index (χ1) is 12.0. The van der Waals surface area contributed by atoms with Crippen molar-refractivity contribution in [3.05, 3.63) is 58.7 Å². The van der Waals surface area contributed by atoms with Gasteiger partial charge in [0.25, 0.3) is 5.91 Å². The molecule has 0 atom stereocenters. The number of ether oxygens (including phenoxy) is 2. The van der Waals surface area contributed by atoms with E-state index in [2.05, 4.69) is 19.2 Å². The lowest BCUT2D eigenvalue weighted by atomic mass is 9.96. The van der Waals surface area contributed by atoms with Crippen LogP contribution in [-0.4, -0.2) is 19.6 Å². The lowest BCUT2D eigenvalue weighted by Crippen LogP contribution is -2.24. The number of carbonyl (C=O) groups is 1. The van der Waals surface area contributed by atoms with E-state index in [0.717, 1.165) is 28.2 Å². The van der Waals surface area contributed by atoms with Crippen molar-refractivity contribution < 1.29 is 14.3 Å². The molecule has 0 heterocycles. The summed E-state index contributed by atoms with van der Waals surface area (Å²) in [6.45, 7) is 9.19. The Morgan fingerprint density at radius 1 is 1.16 bits per heavy atom. The lowest BCUT2D eigenvalue weighted by Gasteiger charge is -2.16. The third-order valence-electron chi connectivity index (χ3n) is 4.13. The zero-order chi connectivity index (χ0) is 18.4. The van der Waals surface area contributed by atoms with Crippen molar-refractivity contribution >= 4 is 5.91 Å². The maximum Gasteiger partial charge on any atom is 0.251 e. The van der Waals surface area contributed by atoms with Crippen LogP contribution in [0.2, 0.25) is 0 Å². The molecule has 2 rings (SSSR count). The number of carbonyl (C=O) groups excluding carboxylic acids is 1. The van der Waals surface area contributed by atoms with Crippen LogP contribution in [0.3, 0.4) is 0 Å². The Labute approximate surface area is 150 Å². The minimum Gasteiger partial charge on any atom is -0.496 e. The van der Waals surface area contributed by atoms with Gasteiger partial charge in [-0.05, 0) is 60.7 Å². The van der Waals surface area contributed by atoms with E-state index in [1.807, 2.05) is 50.2 Å². The second-order valence-corrected chi connectivity index (χ2v) is 6.32. The minimum atomic E-state index is -0.0732. The highest BCUT2D eigenvalue weighted by Crippen LogP contribution is 2.29. The number of hydrogen-bond acceptors (Lipinski definition) is 3. The number of amides is 1. The molecule has 0 fully saturated rings. The number of rotatable bonds is 7. The Balaban J connectivity index is 2.11. The minimum absolute atomic E-state index is 0.0732. The highest BCUT2D eigenvalue weighted by Gasteiger charge is 2.15. The molecule has 0 saturated heterocycles. The molecular formula is C21H27NO3. The topological polar surface area (TPSA) is 47.6 Å². The molecule has 0 aliphatic carbocycles. The largest absolute Gasteiger partial charge is 0.496 e. The molecule has 1 amide bonds. The Morgan fingerprint density at radius 2 is 1.84 bits per heavy atom. The van der Waals surface area contributed by atoms with Crippen molar-refractivity contribution in [2.75, 3.05) is 13.7 Å². The van der Waals surface area contributed by atoms with Crippen LogP contribution in [0.1, 0.15) is 53.7 Å². The average molecular weight is 341 g/mol. The molecule has 4 nitrogen and oxygen atoms in total. The van der Waals surface area contributed by atoms with Crippen molar-refractivity contribution in [3.8, 4) is 11.5 Å². The number of aryl methyl sites for hydroxylation is 1. The fraction of sp³-hybridized carbons (Fsp3) is 0.381. The van der Waals surface area contributed by atoms with Crippen LogP contribution in [0.5, 0.6) is 11.5 Å². The van der Waals surface area contributed by atoms with E-state index >= 15 is 0 Å². The molecular weight excluding hydrogens is 314 g/mol. The van der Waals surface area contributed by atoms with Gasteiger partial charge in [0.15, 0.2) is 0 Å². The number of benzene rings is 2. The molecule has 0 bridgehead atoms. The number of methoxy groups -OCH3 is 1. The van der Waals surface area contributed by atoms with E-state index in [4.69, 9.17) is 9.47 Å². The quantitative estimate of drug-likeness (QED) is 0.809. The SMILES string of the molecule is CCOc1ccc(CNC(=O)c2cc(C(C)C)c(OC)cc2C)cc1. The van der Waals surface area contributed by atoms with Gasteiger partial charge in [-0.2, -0.15) is 0 Å². The Kier molecular flexibility index (Phi) is 6.45. The summed E-state index contributed by atoms with van der Waals surface area (Å²) < 4.78 is 10.9. The van der Waals surface area contributed by atoms with E-state index in [9.17, 15) is 4.79 Å². The van der Waals surface area contributed by atoms with Crippen LogP contribution in [0.4, 0.5) is 0 Å². The Morgan fingerprint density at radius 3 is 2.40 bits per heavy atom. The van der Waals surface area contributed by atoms with E-state index in [1.54, 1.807) is 7.11 Å². The highest BCUT2D eigenvalue weighted by atomic mass is 16.5. The summed E-state index contributed by atoms with van der Waals surface area (Å²) in [4.78, 5) is 12.6. The third kappa shape index (κ3) is 4.75. The summed E-state index contributed by atoms with van der Waals surface area (Å²) in [5.41, 5.74) is 3.67. The van der Waals surface area contributed by atoms with Crippen molar-refractivity contribution in [1.82, 2.24) is 5.32 Å². The summed E-state index contributed by atoms with van der Waals surface area (Å²) >= 11 is 0. The van der Waals surface area contributed by atoms with Crippen LogP contribution in [0.15, 0.2) is 36.4 Å². The fourth-order valence-corrected chi connectivity index (χ4v) is 2.72. The molecule has 25 heavy (non-hydrogen) atoms. The maximum absolute atomic E-state index is 12.6. The lowest BCUT2D eigenvalue weighted by molar-refractivity contribution is 0.0950. The first-order valence-electron chi connectivity index (χ1n) is 8.64. The number of nitrogens with one attached hydrogen (secondary N) is 1. The summed E-state index contributed by atoms with van der Waals surface area (Å²) in [6, 6.07) is 11.6. The van der Waals surface area contributed by atoms with Gasteiger partial charge in [0.2, 0.25) is 0 Å². The first kappa shape index (κ1) is 18.8. The summed E-state index contributed by atoms with van der Waals surface area (Å²) in [5, 5.41) is 2.99. The van der Waals surface area contributed by atoms with E-state index in [0.29, 0.717) is 18.7 Å². The van der Waals surface area contributed by atoms with Gasteiger partial charge >= 0.3 is 0 Å². The van der Waals surface area contributed by atoms with Crippen LogP contribution in [0.25, 0.3) is 0 Å². The molecule has 0 aromatic heterocycles. The molecule has 134 valence electrons. The van der Waals surface area contributed by atoms with E-state index < -0.39 is 0 Å². The van der Waals surface area contributed by atoms with Crippen LogP contribution >= 0.6 is 0 Å². The van der Waals surface area contributed by atoms with Crippen LogP contribution in [0, 0.1) is 6.92 Å². The number of hydrogen-bond donors (Lipinski definition) is 1. The molecule has 4 heteroatoms. The van der Waals surface area contributed by atoms with Gasteiger partial charge in [-0.25, -0.2) is 0 Å². The van der Waals surface area contributed by atoms with Crippen molar-refractivity contribution in [2.24, 2.45) is 0 Å². The molecule has 0 radical (unpaired) electrons. The second-order valence-electron chi connectivity index (χ2n) is 6.32. The Hall–Kier alpha value is -2.49. The molecule has 0 unspecified atom stereocenters. The smallest absolute Gasteiger partial charge is 0.251 e. The van der Waals surface area contributed by atoms with Crippen LogP contribution < -0.4 is 14.8 Å². The van der Waals surface area contributed by atoms with Gasteiger partial charge < -0.3 is 14.8 Å². The predicted molar refractivity (Wildman–Crippen MR) is 101 cm³/mol. The molecule has 0 saturated carbocycles. The van der Waals surface area contributed by atoms with Crippen molar-refractivity contribution in [1.29, 1.82) is 0 Å². The molecule has 0 aliphatic heterocycles. The zero-order valence-corrected chi connectivity index (χ0v) is 15.7. The van der Waals surface area contributed by atoms with Gasteiger partial charge in [-0.1, -0.05) is 26.0 Å². The maximum atomic E-state index is 12.6. The second kappa shape index (κ2) is 8.56. The molecule has 0 aliphatic rings. The van der Waals surface area contributed by atoms with Crippen molar-refractivity contribution in [2.45, 2.75) is 40.2 Å². The van der Waals surface area contributed by atoms with Gasteiger partial charge in [0.05, 0.1) is 13.7 Å². The zero-order valence-electron chi connectivity index (χ0n) is 15.7. The van der Waals surface area contributed by atoms with Gasteiger partial charge in [-0.15, -0.1) is 0 Å². The third-order valence-corrected chi connectivity index (χ3v) is 4.13. The van der Waals surface area contributed by atoms with Gasteiger partial charge in [-0.3, -0.25) is 4.79 Å². The van der Waals surface area contributed by atoms with Crippen molar-refractivity contribution in [3.63, 3.8) is 0 Å². The normalized spacial score (nSPS) is 10.6. The van der Waals surface area contributed by atoms with Gasteiger partial charge in [0.1, 0.15) is 11.5 Å². The molecule has 2 aromatic carbocycles.